The Labute approximate surface area is 171 Å². The number of anilines is 1. The van der Waals surface area contributed by atoms with E-state index in [1.807, 2.05) is 18.0 Å². The first kappa shape index (κ1) is 20.2. The van der Waals surface area contributed by atoms with E-state index in [2.05, 4.69) is 61.9 Å². The number of nitrogens with zero attached hydrogens (tertiary/aromatic N) is 4. The van der Waals surface area contributed by atoms with E-state index in [0.717, 1.165) is 45.1 Å². The molecule has 2 aromatic rings. The van der Waals surface area contributed by atoms with Crippen molar-refractivity contribution >= 4 is 28.9 Å². The number of hydrogen-bond donors (Lipinski definition) is 1. The number of carbonyl (C=O) groups is 1. The SMILES string of the molecule is CN=C(NCC(=O)N1CCN(c2ccccc2)CC1)N(C)CCc1cccs1. The van der Waals surface area contributed by atoms with Crippen LogP contribution in [0.5, 0.6) is 0 Å². The molecule has 7 heteroatoms. The Morgan fingerprint density at radius 1 is 1.14 bits per heavy atom. The summed E-state index contributed by atoms with van der Waals surface area (Å²) >= 11 is 1.77. The van der Waals surface area contributed by atoms with Gasteiger partial charge in [0.05, 0.1) is 6.54 Å². The van der Waals surface area contributed by atoms with Crippen LogP contribution in [0.3, 0.4) is 0 Å². The highest BCUT2D eigenvalue weighted by Gasteiger charge is 2.21. The Morgan fingerprint density at radius 2 is 1.89 bits per heavy atom. The lowest BCUT2D eigenvalue weighted by Gasteiger charge is -2.36. The molecule has 0 atom stereocenters. The number of nitrogens with one attached hydrogen (secondary N) is 1. The monoisotopic (exact) mass is 399 g/mol. The highest BCUT2D eigenvalue weighted by Crippen LogP contribution is 2.15. The lowest BCUT2D eigenvalue weighted by Crippen LogP contribution is -2.52. The first-order valence-corrected chi connectivity index (χ1v) is 10.6. The molecule has 0 unspecified atom stereocenters. The van der Waals surface area contributed by atoms with E-state index in [9.17, 15) is 4.79 Å². The van der Waals surface area contributed by atoms with Crippen LogP contribution >= 0.6 is 11.3 Å². The molecule has 1 aromatic carbocycles. The van der Waals surface area contributed by atoms with E-state index in [4.69, 9.17) is 0 Å². The molecule has 1 fully saturated rings. The van der Waals surface area contributed by atoms with Crippen LogP contribution in [0.4, 0.5) is 5.69 Å². The summed E-state index contributed by atoms with van der Waals surface area (Å²) in [5.74, 6) is 0.883. The molecule has 28 heavy (non-hydrogen) atoms. The molecular formula is C21H29N5OS. The fourth-order valence-corrected chi connectivity index (χ4v) is 4.04. The molecule has 0 aliphatic carbocycles. The second-order valence-electron chi connectivity index (χ2n) is 6.86. The van der Waals surface area contributed by atoms with Gasteiger partial charge in [0, 0.05) is 57.4 Å². The van der Waals surface area contributed by atoms with E-state index in [0.29, 0.717) is 0 Å². The van der Waals surface area contributed by atoms with Gasteiger partial charge in [-0.15, -0.1) is 11.3 Å². The second-order valence-corrected chi connectivity index (χ2v) is 7.89. The van der Waals surface area contributed by atoms with Gasteiger partial charge in [0.2, 0.25) is 5.91 Å². The molecule has 0 saturated carbocycles. The van der Waals surface area contributed by atoms with Crippen molar-refractivity contribution in [1.82, 2.24) is 15.1 Å². The van der Waals surface area contributed by atoms with Crippen LogP contribution in [0.15, 0.2) is 52.8 Å². The summed E-state index contributed by atoms with van der Waals surface area (Å²) in [6, 6.07) is 14.6. The van der Waals surface area contributed by atoms with E-state index in [-0.39, 0.29) is 12.5 Å². The fraction of sp³-hybridized carbons (Fsp3) is 0.429. The zero-order chi connectivity index (χ0) is 19.8. The number of likely N-dealkylation sites (N-methyl/N-ethyl adjacent to an activating group) is 1. The Morgan fingerprint density at radius 3 is 2.54 bits per heavy atom. The number of hydrogen-bond acceptors (Lipinski definition) is 4. The number of thiophene rings is 1. The predicted molar refractivity (Wildman–Crippen MR) is 117 cm³/mol. The summed E-state index contributed by atoms with van der Waals surface area (Å²) in [5, 5.41) is 5.31. The number of aliphatic imine (C=N–C) groups is 1. The molecule has 3 rings (SSSR count). The number of rotatable bonds is 6. The van der Waals surface area contributed by atoms with Crippen molar-refractivity contribution in [2.45, 2.75) is 6.42 Å². The summed E-state index contributed by atoms with van der Waals surface area (Å²) in [5.41, 5.74) is 1.22. The largest absolute Gasteiger partial charge is 0.368 e. The molecule has 0 spiro atoms. The van der Waals surface area contributed by atoms with Crippen molar-refractivity contribution < 1.29 is 4.79 Å². The molecule has 1 aliphatic heterocycles. The third-order valence-electron chi connectivity index (χ3n) is 5.00. The Kier molecular flexibility index (Phi) is 7.31. The smallest absolute Gasteiger partial charge is 0.242 e. The molecular weight excluding hydrogens is 370 g/mol. The van der Waals surface area contributed by atoms with Gasteiger partial charge in [0.1, 0.15) is 0 Å². The number of para-hydroxylation sites is 1. The van der Waals surface area contributed by atoms with Gasteiger partial charge in [0.25, 0.3) is 0 Å². The van der Waals surface area contributed by atoms with Crippen LogP contribution in [0.1, 0.15) is 4.88 Å². The molecule has 6 nitrogen and oxygen atoms in total. The van der Waals surface area contributed by atoms with E-state index in [1.165, 1.54) is 10.6 Å². The lowest BCUT2D eigenvalue weighted by atomic mass is 10.2. The van der Waals surface area contributed by atoms with Crippen molar-refractivity contribution in [3.05, 3.63) is 52.7 Å². The summed E-state index contributed by atoms with van der Waals surface area (Å²) in [6.07, 6.45) is 0.976. The first-order chi connectivity index (χ1) is 13.7. The summed E-state index contributed by atoms with van der Waals surface area (Å²) in [7, 11) is 3.76. The maximum atomic E-state index is 12.6. The van der Waals surface area contributed by atoms with Gasteiger partial charge in [0.15, 0.2) is 5.96 Å². The van der Waals surface area contributed by atoms with Crippen LogP contribution < -0.4 is 10.2 Å². The van der Waals surface area contributed by atoms with Gasteiger partial charge in [-0.1, -0.05) is 24.3 Å². The minimum Gasteiger partial charge on any atom is -0.368 e. The maximum Gasteiger partial charge on any atom is 0.242 e. The minimum absolute atomic E-state index is 0.125. The number of benzene rings is 1. The summed E-state index contributed by atoms with van der Waals surface area (Å²) < 4.78 is 0. The summed E-state index contributed by atoms with van der Waals surface area (Å²) in [4.78, 5) is 24.6. The van der Waals surface area contributed by atoms with Gasteiger partial charge in [-0.05, 0) is 30.0 Å². The van der Waals surface area contributed by atoms with Crippen molar-refractivity contribution in [1.29, 1.82) is 0 Å². The third kappa shape index (κ3) is 5.48. The van der Waals surface area contributed by atoms with Crippen LogP contribution in [0, 0.1) is 0 Å². The van der Waals surface area contributed by atoms with Crippen LogP contribution in [-0.4, -0.2) is 75.0 Å². The van der Waals surface area contributed by atoms with Gasteiger partial charge < -0.3 is 20.0 Å². The zero-order valence-corrected chi connectivity index (χ0v) is 17.5. The molecule has 1 amide bonds. The zero-order valence-electron chi connectivity index (χ0n) is 16.7. The quantitative estimate of drug-likeness (QED) is 0.597. The number of piperazine rings is 1. The highest BCUT2D eigenvalue weighted by molar-refractivity contribution is 7.09. The molecule has 1 aromatic heterocycles. The van der Waals surface area contributed by atoms with E-state index < -0.39 is 0 Å². The van der Waals surface area contributed by atoms with Gasteiger partial charge in [-0.3, -0.25) is 9.79 Å². The molecule has 1 N–H and O–H groups in total. The van der Waals surface area contributed by atoms with Crippen molar-refractivity contribution in [3.8, 4) is 0 Å². The van der Waals surface area contributed by atoms with Crippen LogP contribution in [0.25, 0.3) is 0 Å². The van der Waals surface area contributed by atoms with Gasteiger partial charge in [-0.25, -0.2) is 0 Å². The fourth-order valence-electron chi connectivity index (χ4n) is 3.34. The number of amides is 1. The Bertz CT molecular complexity index is 754. The normalized spacial score (nSPS) is 14.9. The summed E-state index contributed by atoms with van der Waals surface area (Å²) in [6.45, 7) is 4.38. The highest BCUT2D eigenvalue weighted by atomic mass is 32.1. The van der Waals surface area contributed by atoms with Gasteiger partial charge >= 0.3 is 0 Å². The second kappa shape index (κ2) is 10.1. The van der Waals surface area contributed by atoms with Crippen molar-refractivity contribution in [3.63, 3.8) is 0 Å². The maximum absolute atomic E-state index is 12.6. The molecule has 2 heterocycles. The first-order valence-electron chi connectivity index (χ1n) is 9.69. The van der Waals surface area contributed by atoms with Crippen molar-refractivity contribution in [2.75, 3.05) is 58.3 Å². The average molecular weight is 400 g/mol. The predicted octanol–water partition coefficient (Wildman–Crippen LogP) is 2.15. The van der Waals surface area contributed by atoms with Crippen LogP contribution in [0.2, 0.25) is 0 Å². The number of guanidine groups is 1. The van der Waals surface area contributed by atoms with E-state index in [1.54, 1.807) is 18.4 Å². The third-order valence-corrected chi connectivity index (χ3v) is 5.93. The molecule has 1 saturated heterocycles. The molecule has 1 aliphatic rings. The molecule has 0 bridgehead atoms. The number of carbonyl (C=O) groups excluding carboxylic acids is 1. The molecule has 150 valence electrons. The van der Waals surface area contributed by atoms with E-state index >= 15 is 0 Å². The standard InChI is InChI=1S/C21H29N5OS/c1-22-21(24(2)11-10-19-9-6-16-28-19)23-17-20(27)26-14-12-25(13-15-26)18-7-4-3-5-8-18/h3-9,16H,10-15,17H2,1-2H3,(H,22,23). The Balaban J connectivity index is 1.41. The molecule has 0 radical (unpaired) electrons. The van der Waals surface area contributed by atoms with Crippen molar-refractivity contribution in [2.24, 2.45) is 4.99 Å². The lowest BCUT2D eigenvalue weighted by molar-refractivity contribution is -0.130. The Hall–Kier alpha value is -2.54. The van der Waals surface area contributed by atoms with Gasteiger partial charge in [-0.2, -0.15) is 0 Å². The topological polar surface area (TPSA) is 51.2 Å². The average Bonchev–Trinajstić information content (AvgIpc) is 3.27. The minimum atomic E-state index is 0.125. The van der Waals surface area contributed by atoms with Crippen LogP contribution in [-0.2, 0) is 11.2 Å².